The van der Waals surface area contributed by atoms with Gasteiger partial charge in [-0.25, -0.2) is 40.8 Å². The molecule has 0 atom stereocenters. The van der Waals surface area contributed by atoms with Crippen LogP contribution in [0.2, 0.25) is 0 Å². The summed E-state index contributed by atoms with van der Waals surface area (Å²) in [5.41, 5.74) is 0. The van der Waals surface area contributed by atoms with Crippen molar-refractivity contribution in [1.82, 2.24) is 0 Å². The molecule has 4 aromatic rings. The predicted octanol–water partition coefficient (Wildman–Crippen LogP) is 6.23. The minimum absolute atomic E-state index is 0.554. The van der Waals surface area contributed by atoms with Gasteiger partial charge in [0.15, 0.2) is 0 Å². The van der Waals surface area contributed by atoms with Gasteiger partial charge in [-0.2, -0.15) is 0 Å². The quantitative estimate of drug-likeness (QED) is 0.118. The molecule has 4 N–H and O–H groups in total. The molecule has 11 nitrogen and oxygen atoms in total. The molecule has 0 aromatic heterocycles. The second-order valence-corrected chi connectivity index (χ2v) is 6.46. The second-order valence-electron chi connectivity index (χ2n) is 6.46. The number of rotatable bonds is 7. The SMILES string of the molecule is N=C=O.N=C=O.N=C=O.N=C=O.c1ccc(OCCOc2ccccc2)cc1.c1ccc(Oc2ccccc2)cc1. The third-order valence-corrected chi connectivity index (χ3v) is 3.83. The molecule has 4 rings (SSSR count). The first-order valence-electron chi connectivity index (χ1n) is 11.4. The normalized spacial score (nSPS) is 7.61. The van der Waals surface area contributed by atoms with E-state index in [2.05, 4.69) is 0 Å². The van der Waals surface area contributed by atoms with E-state index in [9.17, 15) is 0 Å². The number of hydrogen-bond acceptors (Lipinski definition) is 11. The molecule has 0 aliphatic carbocycles. The zero-order chi connectivity index (χ0) is 30.8. The van der Waals surface area contributed by atoms with E-state index in [1.165, 1.54) is 0 Å². The summed E-state index contributed by atoms with van der Waals surface area (Å²) in [6.07, 6.45) is 3.00. The number of para-hydroxylation sites is 4. The first-order valence-corrected chi connectivity index (χ1v) is 11.4. The van der Waals surface area contributed by atoms with Crippen LogP contribution in [-0.2, 0) is 19.2 Å². The minimum atomic E-state index is 0.554. The summed E-state index contributed by atoms with van der Waals surface area (Å²) in [5, 5.41) is 21.6. The predicted molar refractivity (Wildman–Crippen MR) is 150 cm³/mol. The van der Waals surface area contributed by atoms with Crippen LogP contribution in [0.4, 0.5) is 0 Å². The van der Waals surface area contributed by atoms with Crippen molar-refractivity contribution < 1.29 is 33.4 Å². The lowest BCUT2D eigenvalue weighted by Crippen LogP contribution is -2.08. The average molecular weight is 557 g/mol. The van der Waals surface area contributed by atoms with E-state index < -0.39 is 0 Å². The summed E-state index contributed by atoms with van der Waals surface area (Å²) in [5.74, 6) is 3.49. The fourth-order valence-electron chi connectivity index (χ4n) is 2.47. The number of carbonyl (C=O) groups excluding carboxylic acids is 4. The number of nitrogens with one attached hydrogen (secondary N) is 4. The Bertz CT molecular complexity index is 1160. The first kappa shape index (κ1) is 37.0. The molecule has 0 saturated carbocycles. The van der Waals surface area contributed by atoms with E-state index in [1.807, 2.05) is 121 Å². The minimum Gasteiger partial charge on any atom is -0.490 e. The van der Waals surface area contributed by atoms with Crippen LogP contribution in [0.25, 0.3) is 0 Å². The van der Waals surface area contributed by atoms with Crippen molar-refractivity contribution in [3.63, 3.8) is 0 Å². The van der Waals surface area contributed by atoms with Gasteiger partial charge in [0.05, 0.1) is 0 Å². The smallest absolute Gasteiger partial charge is 0.231 e. The van der Waals surface area contributed by atoms with Crippen LogP contribution in [0.5, 0.6) is 23.0 Å². The van der Waals surface area contributed by atoms with Crippen molar-refractivity contribution >= 4 is 24.3 Å². The highest BCUT2D eigenvalue weighted by atomic mass is 16.5. The Hall–Kier alpha value is -6.20. The van der Waals surface area contributed by atoms with E-state index in [-0.39, 0.29) is 0 Å². The van der Waals surface area contributed by atoms with Crippen LogP contribution >= 0.6 is 0 Å². The highest BCUT2D eigenvalue weighted by molar-refractivity contribution is 5.30. The number of isocyanates is 4. The molecule has 0 radical (unpaired) electrons. The van der Waals surface area contributed by atoms with Crippen molar-refractivity contribution in [3.05, 3.63) is 121 Å². The lowest BCUT2D eigenvalue weighted by atomic mass is 10.3. The third kappa shape index (κ3) is 25.2. The molecule has 41 heavy (non-hydrogen) atoms. The van der Waals surface area contributed by atoms with Gasteiger partial charge in [0.25, 0.3) is 0 Å². The molecule has 4 aromatic carbocycles. The highest BCUT2D eigenvalue weighted by Crippen LogP contribution is 2.19. The average Bonchev–Trinajstić information content (AvgIpc) is 3.00. The van der Waals surface area contributed by atoms with Crippen LogP contribution in [-0.4, -0.2) is 37.5 Å². The Morgan fingerprint density at radius 2 is 0.585 bits per heavy atom. The van der Waals surface area contributed by atoms with E-state index in [0.717, 1.165) is 47.3 Å². The summed E-state index contributed by atoms with van der Waals surface area (Å²) < 4.78 is 16.6. The van der Waals surface area contributed by atoms with Crippen molar-refractivity contribution in [2.75, 3.05) is 13.2 Å². The second kappa shape index (κ2) is 30.0. The molecular formula is C30H28N4O7. The number of hydrogen-bond donors (Lipinski definition) is 4. The monoisotopic (exact) mass is 556 g/mol. The fraction of sp³-hybridized carbons (Fsp3) is 0.0667. The molecule has 0 spiro atoms. The number of ether oxygens (including phenoxy) is 3. The molecule has 0 amide bonds. The van der Waals surface area contributed by atoms with Gasteiger partial charge in [-0.05, 0) is 48.5 Å². The van der Waals surface area contributed by atoms with Gasteiger partial charge in [0.1, 0.15) is 36.2 Å². The van der Waals surface area contributed by atoms with E-state index >= 15 is 0 Å². The molecular weight excluding hydrogens is 528 g/mol. The summed E-state index contributed by atoms with van der Waals surface area (Å²) in [6, 6.07) is 39.0. The van der Waals surface area contributed by atoms with Crippen molar-refractivity contribution in [3.8, 4) is 23.0 Å². The van der Waals surface area contributed by atoms with Crippen LogP contribution in [0.3, 0.4) is 0 Å². The Morgan fingerprint density at radius 3 is 0.805 bits per heavy atom. The van der Waals surface area contributed by atoms with Gasteiger partial charge in [-0.15, -0.1) is 0 Å². The van der Waals surface area contributed by atoms with Crippen LogP contribution in [0, 0.1) is 21.6 Å². The number of benzene rings is 4. The molecule has 0 aliphatic rings. The first-order chi connectivity index (χ1) is 20.1. The van der Waals surface area contributed by atoms with E-state index in [4.69, 9.17) is 55.0 Å². The Morgan fingerprint density at radius 1 is 0.390 bits per heavy atom. The molecule has 210 valence electrons. The Labute approximate surface area is 237 Å². The highest BCUT2D eigenvalue weighted by Gasteiger charge is 1.94. The van der Waals surface area contributed by atoms with Gasteiger partial charge >= 0.3 is 0 Å². The third-order valence-electron chi connectivity index (χ3n) is 3.83. The molecule has 0 fully saturated rings. The van der Waals surface area contributed by atoms with Crippen molar-refractivity contribution in [2.45, 2.75) is 0 Å². The molecule has 11 heteroatoms. The molecule has 0 bridgehead atoms. The Balaban J connectivity index is 0. The fourth-order valence-corrected chi connectivity index (χ4v) is 2.47. The molecule has 0 aliphatic heterocycles. The van der Waals surface area contributed by atoms with Gasteiger partial charge < -0.3 is 14.2 Å². The maximum absolute atomic E-state index is 8.35. The summed E-state index contributed by atoms with van der Waals surface area (Å²) in [7, 11) is 0. The van der Waals surface area contributed by atoms with Gasteiger partial charge in [-0.1, -0.05) is 72.8 Å². The summed E-state index contributed by atoms with van der Waals surface area (Å²) in [6.45, 7) is 1.11. The lowest BCUT2D eigenvalue weighted by Gasteiger charge is -2.07. The van der Waals surface area contributed by atoms with Gasteiger partial charge in [0, 0.05) is 0 Å². The zero-order valence-electron chi connectivity index (χ0n) is 21.8. The van der Waals surface area contributed by atoms with E-state index in [0.29, 0.717) is 13.2 Å². The van der Waals surface area contributed by atoms with E-state index in [1.54, 1.807) is 0 Å². The zero-order valence-corrected chi connectivity index (χ0v) is 21.8. The van der Waals surface area contributed by atoms with Crippen LogP contribution in [0.1, 0.15) is 0 Å². The Kier molecular flexibility index (Phi) is 27.1. The topological polar surface area (TPSA) is 191 Å². The van der Waals surface area contributed by atoms with Crippen LogP contribution in [0.15, 0.2) is 121 Å². The molecule has 0 unspecified atom stereocenters. The van der Waals surface area contributed by atoms with Crippen molar-refractivity contribution in [2.24, 2.45) is 0 Å². The standard InChI is InChI=1S/C14H14O2.C12H10O.4CHNO/c1-3-7-13(8-4-1)15-11-12-16-14-9-5-2-6-10-14;1-3-7-11(8-4-1)13-12-9-5-2-6-10-12;4*2-1-3/h1-10H,11-12H2;1-10H;4*2H. The van der Waals surface area contributed by atoms with Crippen LogP contribution < -0.4 is 14.2 Å². The maximum atomic E-state index is 8.35. The maximum Gasteiger partial charge on any atom is 0.231 e. The largest absolute Gasteiger partial charge is 0.490 e. The lowest BCUT2D eigenvalue weighted by molar-refractivity contribution is 0.217. The van der Waals surface area contributed by atoms with Gasteiger partial charge in [0.2, 0.25) is 24.3 Å². The summed E-state index contributed by atoms with van der Waals surface area (Å²) >= 11 is 0. The molecule has 0 heterocycles. The van der Waals surface area contributed by atoms with Gasteiger partial charge in [-0.3, -0.25) is 0 Å². The summed E-state index contributed by atoms with van der Waals surface area (Å²) in [4.78, 5) is 33.4. The molecule has 0 saturated heterocycles. The van der Waals surface area contributed by atoms with Crippen molar-refractivity contribution in [1.29, 1.82) is 21.6 Å².